The molecule has 1 unspecified atom stereocenters. The summed E-state index contributed by atoms with van der Waals surface area (Å²) in [5, 5.41) is 12.2. The van der Waals surface area contributed by atoms with Crippen molar-refractivity contribution in [1.29, 1.82) is 0 Å². The Morgan fingerprint density at radius 1 is 1.15 bits per heavy atom. The zero-order valence-electron chi connectivity index (χ0n) is 17.5. The Morgan fingerprint density at radius 2 is 1.63 bits per heavy atom. The van der Waals surface area contributed by atoms with Gasteiger partial charge in [0.15, 0.2) is 6.10 Å². The van der Waals surface area contributed by atoms with Crippen LogP contribution < -0.4 is 5.32 Å². The molecule has 0 spiro atoms. The Hall–Kier alpha value is -1.41. The normalized spacial score (nSPS) is 15.1. The number of alkyl halides is 1. The second kappa shape index (κ2) is 10.8. The molecular weight excluding hydrogens is 379 g/mol. The molecule has 160 valence electrons. The van der Waals surface area contributed by atoms with Gasteiger partial charge in [-0.05, 0) is 39.7 Å². The highest BCUT2D eigenvalue weighted by Gasteiger charge is 2.36. The second-order valence-electron chi connectivity index (χ2n) is 8.41. The van der Waals surface area contributed by atoms with Crippen LogP contribution in [0.2, 0.25) is 0 Å². The number of nitrogens with zero attached hydrogens (tertiary/aromatic N) is 1. The third-order valence-corrected chi connectivity index (χ3v) is 3.87. The fraction of sp³-hybridized carbons (Fsp3) is 0.833. The Kier molecular flexibility index (Phi) is 11.1. The van der Waals surface area contributed by atoms with Gasteiger partial charge in [0, 0.05) is 13.5 Å². The van der Waals surface area contributed by atoms with Crippen molar-refractivity contribution < 1.29 is 28.6 Å². The van der Waals surface area contributed by atoms with E-state index in [4.69, 9.17) is 4.74 Å². The molecule has 0 aromatic rings. The van der Waals surface area contributed by atoms with Crippen molar-refractivity contribution in [2.45, 2.75) is 78.2 Å². The molecule has 0 aromatic heterocycles. The van der Waals surface area contributed by atoms with Crippen molar-refractivity contribution in [2.24, 2.45) is 5.41 Å². The number of esters is 1. The minimum atomic E-state index is -1.76. The van der Waals surface area contributed by atoms with Crippen LogP contribution in [-0.4, -0.2) is 65.8 Å². The van der Waals surface area contributed by atoms with Gasteiger partial charge in [-0.25, -0.2) is 9.18 Å². The first kappa shape index (κ1) is 27.8. The lowest BCUT2D eigenvalue weighted by Gasteiger charge is -2.31. The van der Waals surface area contributed by atoms with Crippen molar-refractivity contribution in [2.75, 3.05) is 14.1 Å². The van der Waals surface area contributed by atoms with E-state index in [1.165, 1.54) is 27.8 Å². The lowest BCUT2D eigenvalue weighted by Crippen LogP contribution is -2.50. The predicted molar refractivity (Wildman–Crippen MR) is 104 cm³/mol. The molecule has 2 N–H and O–H groups in total. The summed E-state index contributed by atoms with van der Waals surface area (Å²) in [6, 6.07) is -1.94. The SMILES string of the molecule is CN[C@@H](CC(C)(C)C)C(=O)O[C@H](C)C(=O)N(C)C(CC(C)(C)F)C(=O)O.Cl. The number of aliphatic carboxylic acids is 1. The summed E-state index contributed by atoms with van der Waals surface area (Å²) in [5.41, 5.74) is -1.89. The monoisotopic (exact) mass is 412 g/mol. The maximum absolute atomic E-state index is 13.8. The van der Waals surface area contributed by atoms with Crippen molar-refractivity contribution in [3.8, 4) is 0 Å². The average molecular weight is 413 g/mol. The molecule has 0 rings (SSSR count). The zero-order valence-corrected chi connectivity index (χ0v) is 18.3. The molecule has 0 bridgehead atoms. The van der Waals surface area contributed by atoms with Crippen molar-refractivity contribution in [1.82, 2.24) is 10.2 Å². The average Bonchev–Trinajstić information content (AvgIpc) is 2.46. The summed E-state index contributed by atoms with van der Waals surface area (Å²) in [4.78, 5) is 37.1. The van der Waals surface area contributed by atoms with E-state index in [9.17, 15) is 23.9 Å². The van der Waals surface area contributed by atoms with E-state index in [2.05, 4.69) is 5.32 Å². The van der Waals surface area contributed by atoms with Crippen LogP contribution in [0.25, 0.3) is 0 Å². The molecular formula is C18H34ClFN2O5. The first-order chi connectivity index (χ1) is 11.6. The summed E-state index contributed by atoms with van der Waals surface area (Å²) in [5.74, 6) is -2.60. The van der Waals surface area contributed by atoms with Crippen LogP contribution in [0.5, 0.6) is 0 Å². The summed E-state index contributed by atoms with van der Waals surface area (Å²) >= 11 is 0. The molecule has 1 amide bonds. The predicted octanol–water partition coefficient (Wildman–Crippen LogP) is 2.41. The third-order valence-electron chi connectivity index (χ3n) is 3.87. The van der Waals surface area contributed by atoms with Gasteiger partial charge in [-0.15, -0.1) is 12.4 Å². The topological polar surface area (TPSA) is 95.9 Å². The summed E-state index contributed by atoms with van der Waals surface area (Å²) in [7, 11) is 2.89. The van der Waals surface area contributed by atoms with Crippen LogP contribution in [0, 0.1) is 5.41 Å². The van der Waals surface area contributed by atoms with E-state index in [0.717, 1.165) is 4.90 Å². The molecule has 9 heteroatoms. The first-order valence-corrected chi connectivity index (χ1v) is 8.65. The lowest BCUT2D eigenvalue weighted by atomic mass is 9.88. The molecule has 0 aliphatic rings. The van der Waals surface area contributed by atoms with Gasteiger partial charge in [-0.3, -0.25) is 9.59 Å². The number of carboxylic acid groups (broad SMARTS) is 1. The maximum atomic E-state index is 13.8. The third kappa shape index (κ3) is 10.5. The van der Waals surface area contributed by atoms with Crippen LogP contribution in [0.1, 0.15) is 54.4 Å². The molecule has 0 fully saturated rings. The first-order valence-electron chi connectivity index (χ1n) is 8.65. The highest BCUT2D eigenvalue weighted by molar-refractivity contribution is 5.88. The molecule has 27 heavy (non-hydrogen) atoms. The van der Waals surface area contributed by atoms with Crippen LogP contribution in [0.3, 0.4) is 0 Å². The van der Waals surface area contributed by atoms with Crippen molar-refractivity contribution >= 4 is 30.3 Å². The minimum absolute atomic E-state index is 0. The largest absolute Gasteiger partial charge is 0.480 e. The fourth-order valence-electron chi connectivity index (χ4n) is 2.51. The Labute approximate surface area is 167 Å². The number of likely N-dealkylation sites (N-methyl/N-ethyl adjacent to an activating group) is 2. The van der Waals surface area contributed by atoms with Gasteiger partial charge in [0.05, 0.1) is 0 Å². The quantitative estimate of drug-likeness (QED) is 0.564. The molecule has 0 radical (unpaired) electrons. The van der Waals surface area contributed by atoms with Gasteiger partial charge in [-0.1, -0.05) is 20.8 Å². The number of carboxylic acids is 1. The fourth-order valence-corrected chi connectivity index (χ4v) is 2.51. The van der Waals surface area contributed by atoms with Crippen molar-refractivity contribution in [3.63, 3.8) is 0 Å². The summed E-state index contributed by atoms with van der Waals surface area (Å²) in [6.45, 7) is 9.79. The maximum Gasteiger partial charge on any atom is 0.326 e. The minimum Gasteiger partial charge on any atom is -0.480 e. The van der Waals surface area contributed by atoms with Gasteiger partial charge >= 0.3 is 11.9 Å². The van der Waals surface area contributed by atoms with Gasteiger partial charge < -0.3 is 20.1 Å². The van der Waals surface area contributed by atoms with E-state index in [1.807, 2.05) is 20.8 Å². The van der Waals surface area contributed by atoms with Crippen LogP contribution in [0.4, 0.5) is 4.39 Å². The number of halogens is 2. The van der Waals surface area contributed by atoms with E-state index >= 15 is 0 Å². The molecule has 0 heterocycles. The van der Waals surface area contributed by atoms with E-state index < -0.39 is 41.7 Å². The van der Waals surface area contributed by atoms with Crippen LogP contribution in [-0.2, 0) is 19.1 Å². The smallest absolute Gasteiger partial charge is 0.326 e. The second-order valence-corrected chi connectivity index (χ2v) is 8.41. The Balaban J connectivity index is 0. The molecule has 3 atom stereocenters. The highest BCUT2D eigenvalue weighted by Crippen LogP contribution is 2.22. The molecule has 0 aromatic carbocycles. The number of nitrogens with one attached hydrogen (secondary N) is 1. The van der Waals surface area contributed by atoms with E-state index in [-0.39, 0.29) is 24.2 Å². The molecule has 0 saturated heterocycles. The number of ether oxygens (including phenoxy) is 1. The van der Waals surface area contributed by atoms with Crippen LogP contribution in [0.15, 0.2) is 0 Å². The number of rotatable bonds is 9. The van der Waals surface area contributed by atoms with E-state index in [0.29, 0.717) is 6.42 Å². The number of hydrogen-bond acceptors (Lipinski definition) is 5. The van der Waals surface area contributed by atoms with E-state index in [1.54, 1.807) is 7.05 Å². The number of amides is 1. The van der Waals surface area contributed by atoms with Gasteiger partial charge in [0.2, 0.25) is 0 Å². The molecule has 0 aliphatic heterocycles. The van der Waals surface area contributed by atoms with Gasteiger partial charge in [0.25, 0.3) is 5.91 Å². The van der Waals surface area contributed by atoms with Gasteiger partial charge in [0.1, 0.15) is 17.8 Å². The highest BCUT2D eigenvalue weighted by atomic mass is 35.5. The standard InChI is InChI=1S/C18H33FN2O5.ClH/c1-11(26-16(25)12(20-7)9-17(2,3)4)14(22)21(8)13(15(23)24)10-18(5,6)19;/h11-13,20H,9-10H2,1-8H3,(H,23,24);1H/t11-,12+,13?;/m1./s1. The van der Waals surface area contributed by atoms with Crippen LogP contribution >= 0.6 is 12.4 Å². The lowest BCUT2D eigenvalue weighted by molar-refractivity contribution is -0.164. The molecule has 7 nitrogen and oxygen atoms in total. The summed E-state index contributed by atoms with van der Waals surface area (Å²) in [6.07, 6.45) is -1.03. The zero-order chi connectivity index (χ0) is 20.9. The Morgan fingerprint density at radius 3 is 1.96 bits per heavy atom. The van der Waals surface area contributed by atoms with Crippen molar-refractivity contribution in [3.05, 3.63) is 0 Å². The molecule has 0 aliphatic carbocycles. The van der Waals surface area contributed by atoms with Gasteiger partial charge in [-0.2, -0.15) is 0 Å². The number of carbonyl (C=O) groups is 3. The number of hydrogen-bond donors (Lipinski definition) is 2. The number of carbonyl (C=O) groups excluding carboxylic acids is 2. The Bertz CT molecular complexity index is 517. The molecule has 0 saturated carbocycles. The summed E-state index contributed by atoms with van der Waals surface area (Å²) < 4.78 is 19.1.